The molecule has 6 nitrogen and oxygen atoms in total. The summed E-state index contributed by atoms with van der Waals surface area (Å²) in [7, 11) is 0. The molecular formula is C39H31ClN2O4S2. The molecule has 0 saturated heterocycles. The fourth-order valence-corrected chi connectivity index (χ4v) is 7.30. The van der Waals surface area contributed by atoms with E-state index in [0.717, 1.165) is 36.5 Å². The number of hydrogen-bond acceptors (Lipinski definition) is 7. The van der Waals surface area contributed by atoms with Gasteiger partial charge in [-0.05, 0) is 104 Å². The third kappa shape index (κ3) is 7.57. The van der Waals surface area contributed by atoms with Crippen molar-refractivity contribution in [1.29, 1.82) is 0 Å². The SMILES string of the molecule is CCn1c2ccc(C(=O)C(CCSc3ccc(Cl)cc3)=NOC(C)=O)cc2c2cc(C(=O)c3ccc(Sc4ccccc4)cc3)ccc21. The summed E-state index contributed by atoms with van der Waals surface area (Å²) in [5, 5.41) is 6.32. The number of hydrogen-bond donors (Lipinski definition) is 0. The third-order valence-electron chi connectivity index (χ3n) is 7.77. The van der Waals surface area contributed by atoms with Gasteiger partial charge < -0.3 is 9.40 Å². The summed E-state index contributed by atoms with van der Waals surface area (Å²) in [6.45, 7) is 4.02. The van der Waals surface area contributed by atoms with Crippen LogP contribution in [0.1, 0.15) is 46.5 Å². The predicted octanol–water partition coefficient (Wildman–Crippen LogP) is 10.1. The van der Waals surface area contributed by atoms with E-state index in [2.05, 4.69) is 28.8 Å². The standard InChI is InChI=1S/C39H31ClN2O4S2/c1-3-42-36-19-11-27(38(44)26-9-15-32(16-10-26)48-31-7-5-4-6-8-31)23-33(36)34-24-28(12-20-37(34)42)39(45)35(41-46-25(2)43)21-22-47-30-17-13-29(40)14-18-30/h4-20,23-24H,3,21-22H2,1-2H3. The lowest BCUT2D eigenvalue weighted by molar-refractivity contribution is -0.140. The molecule has 0 aliphatic heterocycles. The zero-order valence-corrected chi connectivity index (χ0v) is 28.7. The Morgan fingerprint density at radius 3 is 1.96 bits per heavy atom. The second-order valence-corrected chi connectivity index (χ2v) is 13.7. The Balaban J connectivity index is 1.28. The molecule has 0 bridgehead atoms. The van der Waals surface area contributed by atoms with Crippen LogP contribution in [0.25, 0.3) is 21.8 Å². The number of aryl methyl sites for hydroxylation is 1. The van der Waals surface area contributed by atoms with E-state index in [1.807, 2.05) is 97.1 Å². The number of nitrogens with zero attached hydrogens (tertiary/aromatic N) is 2. The van der Waals surface area contributed by atoms with Gasteiger partial charge in [-0.3, -0.25) is 9.59 Å². The van der Waals surface area contributed by atoms with Gasteiger partial charge in [-0.2, -0.15) is 0 Å². The number of carbonyl (C=O) groups excluding carboxylic acids is 3. The maximum absolute atomic E-state index is 13.8. The van der Waals surface area contributed by atoms with Gasteiger partial charge in [0.05, 0.1) is 0 Å². The first-order valence-electron chi connectivity index (χ1n) is 15.4. The van der Waals surface area contributed by atoms with E-state index in [1.54, 1.807) is 29.6 Å². The number of carbonyl (C=O) groups is 3. The van der Waals surface area contributed by atoms with E-state index < -0.39 is 5.97 Å². The molecule has 9 heteroatoms. The number of fused-ring (bicyclic) bond motifs is 3. The number of benzene rings is 5. The fourth-order valence-electron chi connectivity index (χ4n) is 5.48. The Bertz CT molecular complexity index is 2160. The number of halogens is 1. The number of Topliss-reactive ketones (excluding diaryl/α,β-unsaturated/α-hetero) is 1. The Kier molecular flexibility index (Phi) is 10.4. The van der Waals surface area contributed by atoms with E-state index in [0.29, 0.717) is 34.0 Å². The van der Waals surface area contributed by atoms with Crippen LogP contribution in [0.3, 0.4) is 0 Å². The van der Waals surface area contributed by atoms with Crippen molar-refractivity contribution in [2.75, 3.05) is 5.75 Å². The molecule has 6 rings (SSSR count). The Morgan fingerprint density at radius 2 is 1.31 bits per heavy atom. The van der Waals surface area contributed by atoms with Gasteiger partial charge in [-0.15, -0.1) is 11.8 Å². The highest BCUT2D eigenvalue weighted by molar-refractivity contribution is 7.99. The average Bonchev–Trinajstić information content (AvgIpc) is 3.42. The molecule has 0 aliphatic rings. The second kappa shape index (κ2) is 15.1. The van der Waals surface area contributed by atoms with Crippen molar-refractivity contribution in [3.8, 4) is 0 Å². The van der Waals surface area contributed by atoms with Crippen LogP contribution in [-0.4, -0.2) is 33.6 Å². The fraction of sp³-hybridized carbons (Fsp3) is 0.128. The number of thioether (sulfide) groups is 1. The third-order valence-corrected chi connectivity index (χ3v) is 10.1. The highest BCUT2D eigenvalue weighted by Crippen LogP contribution is 2.33. The first-order valence-corrected chi connectivity index (χ1v) is 17.6. The zero-order chi connectivity index (χ0) is 33.6. The Hall–Kier alpha value is -4.63. The van der Waals surface area contributed by atoms with Crippen molar-refractivity contribution < 1.29 is 19.2 Å². The largest absolute Gasteiger partial charge is 0.341 e. The predicted molar refractivity (Wildman–Crippen MR) is 196 cm³/mol. The molecule has 0 unspecified atom stereocenters. The van der Waals surface area contributed by atoms with Gasteiger partial charge in [0.15, 0.2) is 5.78 Å². The lowest BCUT2D eigenvalue weighted by Crippen LogP contribution is -2.16. The molecule has 48 heavy (non-hydrogen) atoms. The van der Waals surface area contributed by atoms with E-state index >= 15 is 0 Å². The topological polar surface area (TPSA) is 77.7 Å². The first kappa shape index (κ1) is 33.3. The summed E-state index contributed by atoms with van der Waals surface area (Å²) in [5.41, 5.74) is 3.65. The summed E-state index contributed by atoms with van der Waals surface area (Å²) >= 11 is 9.20. The molecule has 6 aromatic rings. The smallest absolute Gasteiger partial charge is 0.331 e. The zero-order valence-electron chi connectivity index (χ0n) is 26.3. The van der Waals surface area contributed by atoms with Crippen molar-refractivity contribution in [2.24, 2.45) is 5.16 Å². The minimum Gasteiger partial charge on any atom is -0.341 e. The van der Waals surface area contributed by atoms with Gasteiger partial charge in [-0.25, -0.2) is 4.79 Å². The molecule has 5 aromatic carbocycles. The van der Waals surface area contributed by atoms with Gasteiger partial charge in [0.1, 0.15) is 5.71 Å². The average molecular weight is 691 g/mol. The van der Waals surface area contributed by atoms with Crippen molar-refractivity contribution in [3.05, 3.63) is 137 Å². The number of aromatic nitrogens is 1. The molecule has 0 aliphatic carbocycles. The lowest BCUT2D eigenvalue weighted by Gasteiger charge is -2.07. The maximum atomic E-state index is 13.8. The second-order valence-electron chi connectivity index (χ2n) is 11.0. The summed E-state index contributed by atoms with van der Waals surface area (Å²) in [6.07, 6.45) is 0.287. The molecule has 0 N–H and O–H groups in total. The van der Waals surface area contributed by atoms with Gasteiger partial charge >= 0.3 is 5.97 Å². The van der Waals surface area contributed by atoms with Crippen LogP contribution >= 0.6 is 35.1 Å². The molecule has 0 amide bonds. The molecule has 0 fully saturated rings. The summed E-state index contributed by atoms with van der Waals surface area (Å²) < 4.78 is 2.17. The van der Waals surface area contributed by atoms with Crippen LogP contribution < -0.4 is 0 Å². The van der Waals surface area contributed by atoms with E-state index in [4.69, 9.17) is 16.4 Å². The van der Waals surface area contributed by atoms with Crippen LogP contribution in [0.5, 0.6) is 0 Å². The summed E-state index contributed by atoms with van der Waals surface area (Å²) in [4.78, 5) is 47.1. The normalized spacial score (nSPS) is 11.6. The van der Waals surface area contributed by atoms with Crippen LogP contribution in [0.4, 0.5) is 0 Å². The van der Waals surface area contributed by atoms with Gasteiger partial charge in [0.25, 0.3) is 0 Å². The van der Waals surface area contributed by atoms with Crippen molar-refractivity contribution in [1.82, 2.24) is 4.57 Å². The molecule has 1 aromatic heterocycles. The molecule has 240 valence electrons. The highest BCUT2D eigenvalue weighted by atomic mass is 35.5. The minimum absolute atomic E-state index is 0.0771. The highest BCUT2D eigenvalue weighted by Gasteiger charge is 2.20. The Morgan fingerprint density at radius 1 is 0.729 bits per heavy atom. The van der Waals surface area contributed by atoms with E-state index in [-0.39, 0.29) is 23.7 Å². The molecular weight excluding hydrogens is 660 g/mol. The minimum atomic E-state index is -0.603. The van der Waals surface area contributed by atoms with Crippen LogP contribution in [0, 0.1) is 0 Å². The van der Waals surface area contributed by atoms with Crippen molar-refractivity contribution in [3.63, 3.8) is 0 Å². The van der Waals surface area contributed by atoms with Gasteiger partial charge in [-0.1, -0.05) is 46.7 Å². The first-order chi connectivity index (χ1) is 23.3. The molecule has 0 spiro atoms. The number of rotatable bonds is 12. The Labute approximate surface area is 292 Å². The van der Waals surface area contributed by atoms with E-state index in [1.165, 1.54) is 6.92 Å². The monoisotopic (exact) mass is 690 g/mol. The number of oxime groups is 1. The summed E-state index contributed by atoms with van der Waals surface area (Å²) in [5.74, 6) is -0.462. The van der Waals surface area contributed by atoms with Crippen molar-refractivity contribution in [2.45, 2.75) is 41.5 Å². The lowest BCUT2D eigenvalue weighted by atomic mass is 9.99. The molecule has 0 atom stereocenters. The van der Waals surface area contributed by atoms with Gasteiger partial charge in [0, 0.05) is 83.8 Å². The van der Waals surface area contributed by atoms with Crippen LogP contribution in [-0.2, 0) is 16.2 Å². The van der Waals surface area contributed by atoms with Gasteiger partial charge in [0.2, 0.25) is 5.78 Å². The maximum Gasteiger partial charge on any atom is 0.331 e. The van der Waals surface area contributed by atoms with Crippen LogP contribution in [0.2, 0.25) is 5.02 Å². The quantitative estimate of drug-likeness (QED) is 0.0418. The van der Waals surface area contributed by atoms with Crippen molar-refractivity contribution >= 4 is 80.2 Å². The molecule has 1 heterocycles. The van der Waals surface area contributed by atoms with E-state index in [9.17, 15) is 14.4 Å². The summed E-state index contributed by atoms with van der Waals surface area (Å²) in [6, 6.07) is 36.5. The molecule has 0 radical (unpaired) electrons. The molecule has 0 saturated carbocycles. The van der Waals surface area contributed by atoms with Crippen LogP contribution in [0.15, 0.2) is 135 Å². The number of ketones is 2.